The third-order valence-electron chi connectivity index (χ3n) is 3.50. The predicted octanol–water partition coefficient (Wildman–Crippen LogP) is 2.01. The number of likely N-dealkylation sites (tertiary alicyclic amines) is 1. The van der Waals surface area contributed by atoms with Crippen molar-refractivity contribution in [1.29, 1.82) is 0 Å². The number of carbonyl (C=O) groups excluding carboxylic acids is 1. The number of rotatable bonds is 1. The molecule has 1 aliphatic heterocycles. The molecule has 20 heavy (non-hydrogen) atoms. The van der Waals surface area contributed by atoms with E-state index in [2.05, 4.69) is 25.7 Å². The molecular formula is C16H19FN2O. The fourth-order valence-corrected chi connectivity index (χ4v) is 2.41. The molecule has 1 aromatic rings. The fraction of sp³-hybridized carbons (Fsp3) is 0.438. The van der Waals surface area contributed by atoms with Gasteiger partial charge in [-0.1, -0.05) is 25.7 Å². The van der Waals surface area contributed by atoms with E-state index in [1.54, 1.807) is 4.90 Å². The van der Waals surface area contributed by atoms with Gasteiger partial charge in [0.05, 0.1) is 12.1 Å². The Kier molecular flexibility index (Phi) is 4.10. The summed E-state index contributed by atoms with van der Waals surface area (Å²) in [5.41, 5.74) is 6.33. The average Bonchev–Trinajstić information content (AvgIpc) is 2.76. The second-order valence-corrected chi connectivity index (χ2v) is 5.84. The van der Waals surface area contributed by atoms with E-state index in [0.29, 0.717) is 17.7 Å². The SMILES string of the molecule is CC1(C)CCN(C(=O)c2ccc(F)cc2C#CCN)C1. The summed E-state index contributed by atoms with van der Waals surface area (Å²) in [6, 6.07) is 4.09. The highest BCUT2D eigenvalue weighted by Crippen LogP contribution is 2.30. The largest absolute Gasteiger partial charge is 0.338 e. The lowest BCUT2D eigenvalue weighted by atomic mass is 9.93. The predicted molar refractivity (Wildman–Crippen MR) is 76.6 cm³/mol. The molecule has 2 N–H and O–H groups in total. The van der Waals surface area contributed by atoms with Gasteiger partial charge in [0.1, 0.15) is 5.82 Å². The molecule has 0 saturated carbocycles. The topological polar surface area (TPSA) is 46.3 Å². The summed E-state index contributed by atoms with van der Waals surface area (Å²) >= 11 is 0. The van der Waals surface area contributed by atoms with Gasteiger partial charge in [0, 0.05) is 18.7 Å². The smallest absolute Gasteiger partial charge is 0.255 e. The van der Waals surface area contributed by atoms with Crippen molar-refractivity contribution < 1.29 is 9.18 Å². The van der Waals surface area contributed by atoms with Crippen molar-refractivity contribution in [2.24, 2.45) is 11.1 Å². The van der Waals surface area contributed by atoms with Gasteiger partial charge in [0.15, 0.2) is 0 Å². The first-order valence-corrected chi connectivity index (χ1v) is 6.71. The number of hydrogen-bond acceptors (Lipinski definition) is 2. The van der Waals surface area contributed by atoms with Crippen molar-refractivity contribution in [3.8, 4) is 11.8 Å². The Balaban J connectivity index is 2.30. The second-order valence-electron chi connectivity index (χ2n) is 5.84. The van der Waals surface area contributed by atoms with Crippen LogP contribution in [-0.2, 0) is 0 Å². The van der Waals surface area contributed by atoms with Crippen molar-refractivity contribution >= 4 is 5.91 Å². The summed E-state index contributed by atoms with van der Waals surface area (Å²) in [4.78, 5) is 14.3. The number of nitrogens with two attached hydrogens (primary N) is 1. The number of carbonyl (C=O) groups is 1. The highest BCUT2D eigenvalue weighted by Gasteiger charge is 2.33. The molecule has 0 spiro atoms. The minimum absolute atomic E-state index is 0.0862. The molecule has 1 saturated heterocycles. The van der Waals surface area contributed by atoms with Gasteiger partial charge in [-0.25, -0.2) is 4.39 Å². The van der Waals surface area contributed by atoms with Gasteiger partial charge in [-0.2, -0.15) is 0 Å². The van der Waals surface area contributed by atoms with Crippen LogP contribution in [0.5, 0.6) is 0 Å². The summed E-state index contributed by atoms with van der Waals surface area (Å²) < 4.78 is 13.3. The van der Waals surface area contributed by atoms with E-state index in [-0.39, 0.29) is 17.9 Å². The van der Waals surface area contributed by atoms with Crippen LogP contribution in [0.4, 0.5) is 4.39 Å². The number of halogens is 1. The molecule has 106 valence electrons. The zero-order valence-electron chi connectivity index (χ0n) is 11.9. The lowest BCUT2D eigenvalue weighted by molar-refractivity contribution is 0.0778. The highest BCUT2D eigenvalue weighted by atomic mass is 19.1. The Morgan fingerprint density at radius 1 is 1.50 bits per heavy atom. The Morgan fingerprint density at radius 3 is 2.85 bits per heavy atom. The lowest BCUT2D eigenvalue weighted by Crippen LogP contribution is -2.30. The van der Waals surface area contributed by atoms with Crippen LogP contribution in [0, 0.1) is 23.1 Å². The van der Waals surface area contributed by atoms with E-state index < -0.39 is 5.82 Å². The average molecular weight is 274 g/mol. The standard InChI is InChI=1S/C16H19FN2O/c1-16(2)7-9-19(11-16)15(20)14-6-5-13(17)10-12(14)4-3-8-18/h5-6,10H,7-9,11,18H2,1-2H3. The molecule has 0 bridgehead atoms. The quantitative estimate of drug-likeness (QED) is 0.796. The molecule has 4 heteroatoms. The Hall–Kier alpha value is -1.86. The Morgan fingerprint density at radius 2 is 2.25 bits per heavy atom. The Bertz CT molecular complexity index is 584. The minimum Gasteiger partial charge on any atom is -0.338 e. The van der Waals surface area contributed by atoms with E-state index in [1.807, 2.05) is 0 Å². The maximum atomic E-state index is 13.3. The maximum Gasteiger partial charge on any atom is 0.255 e. The lowest BCUT2D eigenvalue weighted by Gasteiger charge is -2.20. The number of hydrogen-bond donors (Lipinski definition) is 1. The van der Waals surface area contributed by atoms with Gasteiger partial charge in [0.25, 0.3) is 5.91 Å². The van der Waals surface area contributed by atoms with E-state index in [0.717, 1.165) is 13.0 Å². The summed E-state index contributed by atoms with van der Waals surface area (Å²) in [7, 11) is 0. The summed E-state index contributed by atoms with van der Waals surface area (Å²) in [6.45, 7) is 5.90. The zero-order chi connectivity index (χ0) is 14.8. The molecule has 2 rings (SSSR count). The van der Waals surface area contributed by atoms with Gasteiger partial charge in [-0.05, 0) is 30.0 Å². The molecular weight excluding hydrogens is 255 g/mol. The zero-order valence-corrected chi connectivity index (χ0v) is 11.9. The summed E-state index contributed by atoms with van der Waals surface area (Å²) in [6.07, 6.45) is 0.976. The molecule has 0 aromatic heterocycles. The van der Waals surface area contributed by atoms with Crippen LogP contribution >= 0.6 is 0 Å². The first-order valence-electron chi connectivity index (χ1n) is 6.71. The van der Waals surface area contributed by atoms with Crippen LogP contribution in [-0.4, -0.2) is 30.4 Å². The molecule has 0 atom stereocenters. The molecule has 1 fully saturated rings. The maximum absolute atomic E-state index is 13.3. The molecule has 0 aliphatic carbocycles. The van der Waals surface area contributed by atoms with E-state index in [1.165, 1.54) is 18.2 Å². The number of nitrogens with zero attached hydrogens (tertiary/aromatic N) is 1. The first-order chi connectivity index (χ1) is 9.43. The van der Waals surface area contributed by atoms with Crippen molar-refractivity contribution in [2.45, 2.75) is 20.3 Å². The monoisotopic (exact) mass is 274 g/mol. The molecule has 1 heterocycles. The van der Waals surface area contributed by atoms with Crippen molar-refractivity contribution in [3.63, 3.8) is 0 Å². The number of benzene rings is 1. The molecule has 0 unspecified atom stereocenters. The van der Waals surface area contributed by atoms with Crippen LogP contribution in [0.3, 0.4) is 0 Å². The fourth-order valence-electron chi connectivity index (χ4n) is 2.41. The summed E-state index contributed by atoms with van der Waals surface area (Å²) in [5.74, 6) is 4.97. The normalized spacial score (nSPS) is 16.7. The molecule has 3 nitrogen and oxygen atoms in total. The van der Waals surface area contributed by atoms with Crippen LogP contribution in [0.15, 0.2) is 18.2 Å². The number of amides is 1. The van der Waals surface area contributed by atoms with E-state index in [4.69, 9.17) is 5.73 Å². The van der Waals surface area contributed by atoms with Gasteiger partial charge in [-0.15, -0.1) is 0 Å². The van der Waals surface area contributed by atoms with Gasteiger partial charge in [0.2, 0.25) is 0 Å². The first kappa shape index (κ1) is 14.5. The molecule has 1 aliphatic rings. The van der Waals surface area contributed by atoms with Crippen LogP contribution in [0.25, 0.3) is 0 Å². The van der Waals surface area contributed by atoms with Crippen LogP contribution < -0.4 is 5.73 Å². The minimum atomic E-state index is -0.398. The summed E-state index contributed by atoms with van der Waals surface area (Å²) in [5, 5.41) is 0. The van der Waals surface area contributed by atoms with E-state index >= 15 is 0 Å². The van der Waals surface area contributed by atoms with Crippen molar-refractivity contribution in [1.82, 2.24) is 4.90 Å². The van der Waals surface area contributed by atoms with Gasteiger partial charge < -0.3 is 10.6 Å². The third-order valence-corrected chi connectivity index (χ3v) is 3.50. The van der Waals surface area contributed by atoms with Gasteiger partial charge >= 0.3 is 0 Å². The van der Waals surface area contributed by atoms with Crippen LogP contribution in [0.1, 0.15) is 36.2 Å². The Labute approximate surface area is 119 Å². The highest BCUT2D eigenvalue weighted by molar-refractivity contribution is 5.97. The third kappa shape index (κ3) is 3.17. The van der Waals surface area contributed by atoms with E-state index in [9.17, 15) is 9.18 Å². The van der Waals surface area contributed by atoms with Crippen LogP contribution in [0.2, 0.25) is 0 Å². The van der Waals surface area contributed by atoms with Crippen molar-refractivity contribution in [2.75, 3.05) is 19.6 Å². The van der Waals surface area contributed by atoms with Gasteiger partial charge in [-0.3, -0.25) is 4.79 Å². The molecule has 0 radical (unpaired) electrons. The molecule has 1 aromatic carbocycles. The second kappa shape index (κ2) is 5.64. The van der Waals surface area contributed by atoms with Crippen molar-refractivity contribution in [3.05, 3.63) is 35.1 Å². The molecule has 1 amide bonds.